The fraction of sp³-hybridized carbons (Fsp3) is 0.0909. The highest BCUT2D eigenvalue weighted by atomic mass is 32.2. The van der Waals surface area contributed by atoms with E-state index in [0.717, 1.165) is 10.7 Å². The van der Waals surface area contributed by atoms with Gasteiger partial charge in [0.05, 0.1) is 16.6 Å². The fourth-order valence-corrected chi connectivity index (χ4v) is 2.19. The highest BCUT2D eigenvalue weighted by Crippen LogP contribution is 2.23. The number of hydrogen-bond donors (Lipinski definition) is 3. The molecule has 20 heavy (non-hydrogen) atoms. The lowest BCUT2D eigenvalue weighted by molar-refractivity contribution is 0.0689. The molecule has 0 atom stereocenters. The first kappa shape index (κ1) is 14.0. The Labute approximate surface area is 113 Å². The van der Waals surface area contributed by atoms with Gasteiger partial charge in [-0.15, -0.1) is 0 Å². The third-order valence-electron chi connectivity index (χ3n) is 2.53. The molecule has 0 aliphatic heterocycles. The Morgan fingerprint density at radius 2 is 2.05 bits per heavy atom. The second-order valence-corrected chi connectivity index (χ2v) is 5.36. The number of rotatable bonds is 3. The zero-order valence-electron chi connectivity index (χ0n) is 10.1. The molecule has 105 valence electrons. The summed E-state index contributed by atoms with van der Waals surface area (Å²) in [6.45, 7) is 1.52. The first-order valence-corrected chi connectivity index (χ1v) is 6.67. The van der Waals surface area contributed by atoms with Crippen molar-refractivity contribution in [2.45, 2.75) is 11.8 Å². The van der Waals surface area contributed by atoms with Crippen LogP contribution in [-0.4, -0.2) is 38.9 Å². The molecule has 0 aliphatic rings. The van der Waals surface area contributed by atoms with Crippen molar-refractivity contribution in [2.75, 3.05) is 0 Å². The summed E-state index contributed by atoms with van der Waals surface area (Å²) in [5, 5.41) is 22.0. The molecule has 1 heterocycles. The highest BCUT2D eigenvalue weighted by Gasteiger charge is 2.17. The van der Waals surface area contributed by atoms with Crippen molar-refractivity contribution >= 4 is 16.1 Å². The number of nitrogens with zero attached hydrogens (tertiary/aromatic N) is 2. The van der Waals surface area contributed by atoms with Crippen LogP contribution < -0.4 is 0 Å². The van der Waals surface area contributed by atoms with Gasteiger partial charge in [-0.25, -0.2) is 4.79 Å². The number of hydrogen-bond acceptors (Lipinski definition) is 5. The summed E-state index contributed by atoms with van der Waals surface area (Å²) in [5.41, 5.74) is 0.156. The monoisotopic (exact) mass is 297 g/mol. The van der Waals surface area contributed by atoms with Gasteiger partial charge in [0.25, 0.3) is 10.1 Å². The van der Waals surface area contributed by atoms with Gasteiger partial charge >= 0.3 is 5.97 Å². The number of aromatic hydroxyl groups is 1. The highest BCUT2D eigenvalue weighted by molar-refractivity contribution is 7.85. The topological polar surface area (TPSA) is 130 Å². The van der Waals surface area contributed by atoms with E-state index in [2.05, 4.69) is 11.2 Å². The molecule has 0 amide bonds. The van der Waals surface area contributed by atoms with Crippen LogP contribution in [0.15, 0.2) is 23.1 Å². The Bertz CT molecular complexity index is 793. The van der Waals surface area contributed by atoms with Gasteiger partial charge in [0, 0.05) is 0 Å². The largest absolute Gasteiger partial charge is 0.493 e. The Balaban J connectivity index is 2.57. The maximum atomic E-state index is 11.0. The molecule has 0 saturated carbocycles. The molecular formula is C11H9N2O6S. The summed E-state index contributed by atoms with van der Waals surface area (Å²) in [6.07, 6.45) is 0. The van der Waals surface area contributed by atoms with Crippen molar-refractivity contribution in [2.24, 2.45) is 0 Å². The van der Waals surface area contributed by atoms with Crippen molar-refractivity contribution in [1.82, 2.24) is 9.78 Å². The zero-order chi connectivity index (χ0) is 15.1. The third kappa shape index (κ3) is 2.49. The Kier molecular flexibility index (Phi) is 3.24. The number of carboxylic acids is 1. The smallest absolute Gasteiger partial charge is 0.357 e. The molecule has 1 aromatic heterocycles. The average Bonchev–Trinajstić information content (AvgIpc) is 2.70. The molecular weight excluding hydrogens is 288 g/mol. The van der Waals surface area contributed by atoms with E-state index >= 15 is 0 Å². The third-order valence-corrected chi connectivity index (χ3v) is 3.38. The van der Waals surface area contributed by atoms with E-state index in [-0.39, 0.29) is 10.6 Å². The standard InChI is InChI=1S/C11H9N2O6S/c1-6-4-7(20(17,18)19)2-3-9(6)13-10(14)5-8(12-13)11(15)16/h2-4,14H,1H3,(H,15,16)(H,17,18,19). The first-order valence-electron chi connectivity index (χ1n) is 5.23. The minimum atomic E-state index is -4.34. The fourth-order valence-electron chi connectivity index (χ4n) is 1.62. The van der Waals surface area contributed by atoms with Crippen LogP contribution in [-0.2, 0) is 10.1 Å². The van der Waals surface area contributed by atoms with Gasteiger partial charge in [0.2, 0.25) is 5.88 Å². The lowest BCUT2D eigenvalue weighted by atomic mass is 10.2. The number of carbonyl (C=O) groups is 1. The predicted octanol–water partition coefficient (Wildman–Crippen LogP) is 0.631. The van der Waals surface area contributed by atoms with E-state index in [4.69, 9.17) is 9.66 Å². The van der Waals surface area contributed by atoms with Crippen molar-refractivity contribution in [3.63, 3.8) is 0 Å². The maximum Gasteiger partial charge on any atom is 0.357 e. The van der Waals surface area contributed by atoms with Gasteiger partial charge in [0.15, 0.2) is 5.69 Å². The van der Waals surface area contributed by atoms with Crippen LogP contribution in [0.5, 0.6) is 5.88 Å². The van der Waals surface area contributed by atoms with Crippen LogP contribution in [0.4, 0.5) is 0 Å². The summed E-state index contributed by atoms with van der Waals surface area (Å²) in [7, 11) is -4.34. The van der Waals surface area contributed by atoms with Crippen molar-refractivity contribution in [3.05, 3.63) is 35.5 Å². The number of carboxylic acid groups (broad SMARTS) is 1. The van der Waals surface area contributed by atoms with Crippen molar-refractivity contribution in [3.8, 4) is 11.6 Å². The van der Waals surface area contributed by atoms with Crippen LogP contribution in [0.25, 0.3) is 5.69 Å². The summed E-state index contributed by atoms with van der Waals surface area (Å²) in [5.74, 6) is -1.88. The normalized spacial score (nSPS) is 11.5. The van der Waals surface area contributed by atoms with Gasteiger partial charge in [-0.05, 0) is 30.7 Å². The van der Waals surface area contributed by atoms with Crippen LogP contribution in [0.1, 0.15) is 16.1 Å². The number of aryl methyl sites for hydroxylation is 1. The molecule has 2 rings (SSSR count). The van der Waals surface area contributed by atoms with Crippen LogP contribution in [0.2, 0.25) is 0 Å². The molecule has 2 aromatic rings. The summed E-state index contributed by atoms with van der Waals surface area (Å²) >= 11 is 0. The minimum absolute atomic E-state index is 0.263. The molecule has 0 unspecified atom stereocenters. The van der Waals surface area contributed by atoms with Crippen LogP contribution >= 0.6 is 0 Å². The molecule has 1 radical (unpaired) electrons. The van der Waals surface area contributed by atoms with E-state index in [1.54, 1.807) is 0 Å². The van der Waals surface area contributed by atoms with Crippen molar-refractivity contribution in [1.29, 1.82) is 0 Å². The van der Waals surface area contributed by atoms with E-state index in [0.29, 0.717) is 5.56 Å². The first-order chi connectivity index (χ1) is 9.20. The van der Waals surface area contributed by atoms with Gasteiger partial charge in [-0.1, -0.05) is 0 Å². The lowest BCUT2D eigenvalue weighted by Crippen LogP contribution is -2.04. The SMILES string of the molecule is Cc1cc(S(=O)(=O)O)ccc1-n1nc(C(=O)O)[c]c1O. The second-order valence-electron chi connectivity index (χ2n) is 3.94. The summed E-state index contributed by atoms with van der Waals surface area (Å²) < 4.78 is 31.8. The molecule has 0 spiro atoms. The molecule has 0 fully saturated rings. The molecule has 8 nitrogen and oxygen atoms in total. The number of benzene rings is 1. The van der Waals surface area contributed by atoms with Crippen molar-refractivity contribution < 1.29 is 28.0 Å². The molecule has 0 bridgehead atoms. The number of aromatic nitrogens is 2. The Morgan fingerprint density at radius 1 is 1.40 bits per heavy atom. The van der Waals surface area contributed by atoms with E-state index in [1.165, 1.54) is 19.1 Å². The van der Waals surface area contributed by atoms with Gasteiger partial charge in [-0.2, -0.15) is 18.2 Å². The van der Waals surface area contributed by atoms with Gasteiger partial charge < -0.3 is 10.2 Å². The molecule has 0 saturated heterocycles. The molecule has 9 heteroatoms. The van der Waals surface area contributed by atoms with E-state index in [1.807, 2.05) is 0 Å². The molecule has 1 aromatic carbocycles. The Morgan fingerprint density at radius 3 is 2.50 bits per heavy atom. The lowest BCUT2D eigenvalue weighted by Gasteiger charge is -2.08. The van der Waals surface area contributed by atoms with E-state index < -0.39 is 27.7 Å². The molecule has 0 aliphatic carbocycles. The maximum absolute atomic E-state index is 11.0. The second kappa shape index (κ2) is 4.62. The molecule has 3 N–H and O–H groups in total. The number of aromatic carboxylic acids is 1. The minimum Gasteiger partial charge on any atom is -0.493 e. The quantitative estimate of drug-likeness (QED) is 0.708. The average molecular weight is 297 g/mol. The Hall–Kier alpha value is -2.39. The van der Waals surface area contributed by atoms with Gasteiger partial charge in [-0.3, -0.25) is 4.55 Å². The van der Waals surface area contributed by atoms with E-state index in [9.17, 15) is 18.3 Å². The van der Waals surface area contributed by atoms with Crippen LogP contribution in [0, 0.1) is 13.0 Å². The predicted molar refractivity (Wildman–Crippen MR) is 65.6 cm³/mol. The van der Waals surface area contributed by atoms with Crippen LogP contribution in [0.3, 0.4) is 0 Å². The summed E-state index contributed by atoms with van der Waals surface area (Å²) in [6, 6.07) is 5.72. The zero-order valence-corrected chi connectivity index (χ0v) is 10.9. The summed E-state index contributed by atoms with van der Waals surface area (Å²) in [4.78, 5) is 10.4. The van der Waals surface area contributed by atoms with Gasteiger partial charge in [0.1, 0.15) is 0 Å².